The SMILES string of the molecule is CCOc1ccc(C)cc1S(=O)(=O)NCC1(O)CCOC1. The number of nitrogens with one attached hydrogen (secondary N) is 1. The number of sulfonamides is 1. The maximum atomic E-state index is 12.4. The molecule has 21 heavy (non-hydrogen) atoms. The summed E-state index contributed by atoms with van der Waals surface area (Å²) in [4.78, 5) is 0.0897. The van der Waals surface area contributed by atoms with Crippen molar-refractivity contribution in [3.8, 4) is 5.75 Å². The Hall–Kier alpha value is -1.15. The first-order chi connectivity index (χ1) is 9.86. The van der Waals surface area contributed by atoms with E-state index in [0.29, 0.717) is 25.4 Å². The number of rotatable bonds is 6. The number of aliphatic hydroxyl groups is 1. The van der Waals surface area contributed by atoms with Gasteiger partial charge < -0.3 is 14.6 Å². The highest BCUT2D eigenvalue weighted by atomic mass is 32.2. The lowest BCUT2D eigenvalue weighted by Gasteiger charge is -2.21. The molecule has 0 radical (unpaired) electrons. The van der Waals surface area contributed by atoms with Crippen molar-refractivity contribution in [1.29, 1.82) is 0 Å². The van der Waals surface area contributed by atoms with E-state index in [2.05, 4.69) is 4.72 Å². The molecule has 1 fully saturated rings. The van der Waals surface area contributed by atoms with Crippen LogP contribution >= 0.6 is 0 Å². The average molecular weight is 315 g/mol. The molecule has 118 valence electrons. The zero-order chi connectivity index (χ0) is 15.5. The predicted molar refractivity (Wildman–Crippen MR) is 77.9 cm³/mol. The minimum Gasteiger partial charge on any atom is -0.492 e. The van der Waals surface area contributed by atoms with Crippen LogP contribution in [0.1, 0.15) is 18.9 Å². The molecule has 0 spiro atoms. The van der Waals surface area contributed by atoms with Crippen molar-refractivity contribution >= 4 is 10.0 Å². The smallest absolute Gasteiger partial charge is 0.244 e. The monoisotopic (exact) mass is 315 g/mol. The molecule has 1 heterocycles. The van der Waals surface area contributed by atoms with Gasteiger partial charge in [0.2, 0.25) is 10.0 Å². The van der Waals surface area contributed by atoms with Crippen molar-refractivity contribution in [2.45, 2.75) is 30.8 Å². The summed E-state index contributed by atoms with van der Waals surface area (Å²) in [5, 5.41) is 10.1. The van der Waals surface area contributed by atoms with Gasteiger partial charge in [0.1, 0.15) is 16.2 Å². The number of hydrogen-bond donors (Lipinski definition) is 2. The van der Waals surface area contributed by atoms with E-state index < -0.39 is 15.6 Å². The first kappa shape index (κ1) is 16.2. The average Bonchev–Trinajstić information content (AvgIpc) is 2.87. The Kier molecular flexibility index (Phi) is 4.88. The standard InChI is InChI=1S/C14H21NO5S/c1-3-20-12-5-4-11(2)8-13(12)21(17,18)15-9-14(16)6-7-19-10-14/h4-5,8,15-16H,3,6-7,9-10H2,1-2H3. The highest BCUT2D eigenvalue weighted by Gasteiger charge is 2.34. The van der Waals surface area contributed by atoms with Crippen LogP contribution in [-0.4, -0.2) is 45.5 Å². The summed E-state index contributed by atoms with van der Waals surface area (Å²) >= 11 is 0. The van der Waals surface area contributed by atoms with E-state index in [4.69, 9.17) is 9.47 Å². The molecule has 1 aliphatic rings. The van der Waals surface area contributed by atoms with E-state index >= 15 is 0 Å². The Balaban J connectivity index is 2.20. The zero-order valence-electron chi connectivity index (χ0n) is 12.3. The third-order valence-electron chi connectivity index (χ3n) is 3.36. The lowest BCUT2D eigenvalue weighted by Crippen LogP contribution is -2.43. The molecule has 2 N–H and O–H groups in total. The number of ether oxygens (including phenoxy) is 2. The zero-order valence-corrected chi connectivity index (χ0v) is 13.1. The van der Waals surface area contributed by atoms with Gasteiger partial charge in [-0.05, 0) is 31.5 Å². The first-order valence-electron chi connectivity index (χ1n) is 6.89. The quantitative estimate of drug-likeness (QED) is 0.812. The Morgan fingerprint density at radius 1 is 1.48 bits per heavy atom. The van der Waals surface area contributed by atoms with Gasteiger partial charge in [-0.1, -0.05) is 6.07 Å². The largest absolute Gasteiger partial charge is 0.492 e. The second-order valence-corrected chi connectivity index (χ2v) is 6.97. The summed E-state index contributed by atoms with van der Waals surface area (Å²) in [7, 11) is -3.75. The normalized spacial score (nSPS) is 22.4. The molecule has 0 aliphatic carbocycles. The van der Waals surface area contributed by atoms with Gasteiger partial charge in [-0.2, -0.15) is 0 Å². The van der Waals surface area contributed by atoms with Crippen LogP contribution < -0.4 is 9.46 Å². The maximum Gasteiger partial charge on any atom is 0.244 e. The number of benzene rings is 1. The third kappa shape index (κ3) is 3.94. The minimum atomic E-state index is -3.75. The summed E-state index contributed by atoms with van der Waals surface area (Å²) in [5.74, 6) is 0.310. The summed E-state index contributed by atoms with van der Waals surface area (Å²) in [6.45, 7) is 4.49. The first-order valence-corrected chi connectivity index (χ1v) is 8.38. The van der Waals surface area contributed by atoms with Gasteiger partial charge in [-0.3, -0.25) is 0 Å². The molecule has 0 amide bonds. The van der Waals surface area contributed by atoms with Gasteiger partial charge in [-0.15, -0.1) is 0 Å². The second kappa shape index (κ2) is 6.31. The van der Waals surface area contributed by atoms with E-state index in [9.17, 15) is 13.5 Å². The van der Waals surface area contributed by atoms with Gasteiger partial charge in [0.15, 0.2) is 0 Å². The van der Waals surface area contributed by atoms with E-state index in [1.807, 2.05) is 6.92 Å². The van der Waals surface area contributed by atoms with Crippen molar-refractivity contribution in [2.24, 2.45) is 0 Å². The molecule has 1 saturated heterocycles. The van der Waals surface area contributed by atoms with E-state index in [1.54, 1.807) is 25.1 Å². The van der Waals surface area contributed by atoms with Crippen molar-refractivity contribution in [1.82, 2.24) is 4.72 Å². The molecule has 1 atom stereocenters. The summed E-state index contributed by atoms with van der Waals surface area (Å²) in [5.41, 5.74) is -0.315. The summed E-state index contributed by atoms with van der Waals surface area (Å²) in [6, 6.07) is 4.99. The molecule has 0 saturated carbocycles. The van der Waals surface area contributed by atoms with Gasteiger partial charge in [0, 0.05) is 19.6 Å². The highest BCUT2D eigenvalue weighted by Crippen LogP contribution is 2.26. The highest BCUT2D eigenvalue weighted by molar-refractivity contribution is 7.89. The topological polar surface area (TPSA) is 84.9 Å². The molecule has 1 aromatic carbocycles. The van der Waals surface area contributed by atoms with Crippen LogP contribution in [0.3, 0.4) is 0 Å². The second-order valence-electron chi connectivity index (χ2n) is 5.23. The Bertz CT molecular complexity index is 593. The Morgan fingerprint density at radius 2 is 2.24 bits per heavy atom. The number of hydrogen-bond acceptors (Lipinski definition) is 5. The van der Waals surface area contributed by atoms with Crippen LogP contribution in [0.15, 0.2) is 23.1 Å². The maximum absolute atomic E-state index is 12.4. The molecule has 0 bridgehead atoms. The van der Waals surface area contributed by atoms with Gasteiger partial charge >= 0.3 is 0 Å². The fourth-order valence-corrected chi connectivity index (χ4v) is 3.49. The molecular weight excluding hydrogens is 294 g/mol. The molecule has 1 unspecified atom stereocenters. The van der Waals surface area contributed by atoms with Crippen molar-refractivity contribution in [2.75, 3.05) is 26.4 Å². The fourth-order valence-electron chi connectivity index (χ4n) is 2.14. The summed E-state index contributed by atoms with van der Waals surface area (Å²) < 4.78 is 37.8. The Morgan fingerprint density at radius 3 is 2.86 bits per heavy atom. The molecule has 1 aliphatic heterocycles. The van der Waals surface area contributed by atoms with Gasteiger partial charge in [0.05, 0.1) is 13.2 Å². The minimum absolute atomic E-state index is 0.0746. The predicted octanol–water partition coefficient (Wildman–Crippen LogP) is 0.823. The van der Waals surface area contributed by atoms with Crippen molar-refractivity contribution in [3.63, 3.8) is 0 Å². The van der Waals surface area contributed by atoms with Gasteiger partial charge in [0.25, 0.3) is 0 Å². The summed E-state index contributed by atoms with van der Waals surface area (Å²) in [6.07, 6.45) is 0.418. The number of aryl methyl sites for hydroxylation is 1. The Labute approximate surface area is 125 Å². The fraction of sp³-hybridized carbons (Fsp3) is 0.571. The molecule has 7 heteroatoms. The lowest BCUT2D eigenvalue weighted by atomic mass is 10.1. The van der Waals surface area contributed by atoms with E-state index in [1.165, 1.54) is 0 Å². The molecular formula is C14H21NO5S. The molecule has 1 aromatic rings. The van der Waals surface area contributed by atoms with Crippen LogP contribution in [0.4, 0.5) is 0 Å². The molecule has 0 aromatic heterocycles. The van der Waals surface area contributed by atoms with Crippen LogP contribution in [0, 0.1) is 6.92 Å². The van der Waals surface area contributed by atoms with Crippen LogP contribution in [0.5, 0.6) is 5.75 Å². The molecule has 2 rings (SSSR count). The van der Waals surface area contributed by atoms with Crippen molar-refractivity contribution in [3.05, 3.63) is 23.8 Å². The van der Waals surface area contributed by atoms with Gasteiger partial charge in [-0.25, -0.2) is 13.1 Å². The van der Waals surface area contributed by atoms with Crippen LogP contribution in [0.25, 0.3) is 0 Å². The van der Waals surface area contributed by atoms with E-state index in [-0.39, 0.29) is 18.0 Å². The van der Waals surface area contributed by atoms with Crippen molar-refractivity contribution < 1.29 is 23.0 Å². The lowest BCUT2D eigenvalue weighted by molar-refractivity contribution is 0.0314. The van der Waals surface area contributed by atoms with Crippen LogP contribution in [0.2, 0.25) is 0 Å². The van der Waals surface area contributed by atoms with E-state index in [0.717, 1.165) is 5.56 Å². The van der Waals surface area contributed by atoms with Crippen LogP contribution in [-0.2, 0) is 14.8 Å². The molecule has 6 nitrogen and oxygen atoms in total. The third-order valence-corrected chi connectivity index (χ3v) is 4.78.